The average molecular weight is 285 g/mol. The van der Waals surface area contributed by atoms with Crippen molar-refractivity contribution in [2.45, 2.75) is 45.8 Å². The number of carbonyl (C=O) groups is 1. The zero-order valence-corrected chi connectivity index (χ0v) is 13.2. The van der Waals surface area contributed by atoms with Gasteiger partial charge in [0.25, 0.3) is 0 Å². The van der Waals surface area contributed by atoms with Crippen LogP contribution >= 0.6 is 0 Å². The molecule has 0 bridgehead atoms. The molecule has 1 N–H and O–H groups in total. The summed E-state index contributed by atoms with van der Waals surface area (Å²) in [5, 5.41) is 3.33. The molecule has 1 heterocycles. The minimum atomic E-state index is -0.471. The second-order valence-corrected chi connectivity index (χ2v) is 5.94. The van der Waals surface area contributed by atoms with E-state index in [1.165, 1.54) is 0 Å². The van der Waals surface area contributed by atoms with Gasteiger partial charge in [0, 0.05) is 13.7 Å². The Morgan fingerprint density at radius 1 is 1.50 bits per heavy atom. The highest BCUT2D eigenvalue weighted by molar-refractivity contribution is 5.88. The fraction of sp³-hybridized carbons (Fsp3) is 0.857. The van der Waals surface area contributed by atoms with Crippen LogP contribution in [-0.4, -0.2) is 61.8 Å². The second kappa shape index (κ2) is 7.47. The molecule has 0 fully saturated rings. The third-order valence-corrected chi connectivity index (χ3v) is 2.90. The van der Waals surface area contributed by atoms with Crippen LogP contribution in [0.15, 0.2) is 4.99 Å². The number of rotatable bonds is 4. The standard InChI is InChI=1S/C14H27N3O3/c1-6-11(10-19-5)16-12-9-17(8-7-15-12)13(18)20-14(2,3)4/h11H,6-10H2,1-5H3,(H,15,16). The summed E-state index contributed by atoms with van der Waals surface area (Å²) >= 11 is 0. The van der Waals surface area contributed by atoms with Crippen molar-refractivity contribution in [3.63, 3.8) is 0 Å². The fourth-order valence-electron chi connectivity index (χ4n) is 1.89. The number of carbonyl (C=O) groups excluding carboxylic acids is 1. The van der Waals surface area contributed by atoms with Gasteiger partial charge in [-0.15, -0.1) is 0 Å². The molecule has 1 amide bonds. The maximum atomic E-state index is 12.0. The van der Waals surface area contributed by atoms with Gasteiger partial charge in [0.1, 0.15) is 11.4 Å². The van der Waals surface area contributed by atoms with Gasteiger partial charge in [-0.25, -0.2) is 4.79 Å². The van der Waals surface area contributed by atoms with Crippen molar-refractivity contribution in [2.24, 2.45) is 4.99 Å². The molecule has 1 rings (SSSR count). The van der Waals surface area contributed by atoms with Crippen molar-refractivity contribution in [3.05, 3.63) is 0 Å². The van der Waals surface area contributed by atoms with Gasteiger partial charge in [-0.3, -0.25) is 9.89 Å². The van der Waals surface area contributed by atoms with E-state index in [9.17, 15) is 4.79 Å². The van der Waals surface area contributed by atoms with E-state index < -0.39 is 5.60 Å². The van der Waals surface area contributed by atoms with Crippen LogP contribution in [0.25, 0.3) is 0 Å². The molecule has 1 atom stereocenters. The predicted octanol–water partition coefficient (Wildman–Crippen LogP) is 1.65. The molecular weight excluding hydrogens is 258 g/mol. The number of hydrogen-bond donors (Lipinski definition) is 1. The minimum absolute atomic E-state index is 0.220. The minimum Gasteiger partial charge on any atom is -0.444 e. The predicted molar refractivity (Wildman–Crippen MR) is 79.2 cm³/mol. The molecule has 6 nitrogen and oxygen atoms in total. The van der Waals surface area contributed by atoms with Crippen molar-refractivity contribution in [1.82, 2.24) is 10.2 Å². The summed E-state index contributed by atoms with van der Waals surface area (Å²) in [5.74, 6) is 0.825. The Balaban J connectivity index is 2.53. The SMILES string of the molecule is CCC(COC)NC1=NCCN(C(=O)OC(C)(C)C)C1. The molecule has 0 aromatic heterocycles. The summed E-state index contributed by atoms with van der Waals surface area (Å²) in [5.41, 5.74) is -0.471. The van der Waals surface area contributed by atoms with Crippen molar-refractivity contribution in [1.29, 1.82) is 0 Å². The van der Waals surface area contributed by atoms with Crippen LogP contribution in [0.2, 0.25) is 0 Å². The molecule has 1 unspecified atom stereocenters. The van der Waals surface area contributed by atoms with E-state index in [4.69, 9.17) is 9.47 Å². The third kappa shape index (κ3) is 5.77. The maximum Gasteiger partial charge on any atom is 0.410 e. The smallest absolute Gasteiger partial charge is 0.410 e. The number of amidine groups is 1. The molecule has 1 aliphatic rings. The molecule has 0 aromatic rings. The zero-order chi connectivity index (χ0) is 15.2. The van der Waals surface area contributed by atoms with Crippen molar-refractivity contribution in [2.75, 3.05) is 33.4 Å². The Bertz CT molecular complexity index is 350. The van der Waals surface area contributed by atoms with Gasteiger partial charge in [0.05, 0.1) is 25.7 Å². The van der Waals surface area contributed by atoms with Gasteiger partial charge >= 0.3 is 6.09 Å². The lowest BCUT2D eigenvalue weighted by Crippen LogP contribution is -2.50. The molecule has 6 heteroatoms. The molecule has 0 aliphatic carbocycles. The number of amides is 1. The van der Waals surface area contributed by atoms with Crippen molar-refractivity contribution >= 4 is 11.9 Å². The van der Waals surface area contributed by atoms with E-state index >= 15 is 0 Å². The lowest BCUT2D eigenvalue weighted by molar-refractivity contribution is 0.0275. The molecular formula is C14H27N3O3. The number of nitrogens with one attached hydrogen (secondary N) is 1. The quantitative estimate of drug-likeness (QED) is 0.853. The Morgan fingerprint density at radius 2 is 2.20 bits per heavy atom. The van der Waals surface area contributed by atoms with E-state index in [-0.39, 0.29) is 12.1 Å². The first-order valence-electron chi connectivity index (χ1n) is 7.12. The average Bonchev–Trinajstić information content (AvgIpc) is 2.36. The van der Waals surface area contributed by atoms with Gasteiger partial charge in [0.15, 0.2) is 0 Å². The van der Waals surface area contributed by atoms with Gasteiger partial charge < -0.3 is 14.8 Å². The number of aliphatic imine (C=N–C) groups is 1. The first-order valence-corrected chi connectivity index (χ1v) is 7.12. The highest BCUT2D eigenvalue weighted by atomic mass is 16.6. The van der Waals surface area contributed by atoms with Crippen molar-refractivity contribution < 1.29 is 14.3 Å². The third-order valence-electron chi connectivity index (χ3n) is 2.90. The molecule has 1 aliphatic heterocycles. The monoisotopic (exact) mass is 285 g/mol. The van der Waals surface area contributed by atoms with E-state index in [2.05, 4.69) is 17.2 Å². The summed E-state index contributed by atoms with van der Waals surface area (Å²) in [6.45, 7) is 9.99. The Kier molecular flexibility index (Phi) is 6.26. The summed E-state index contributed by atoms with van der Waals surface area (Å²) in [7, 11) is 1.68. The number of hydrogen-bond acceptors (Lipinski definition) is 5. The van der Waals surface area contributed by atoms with Crippen LogP contribution < -0.4 is 5.32 Å². The number of methoxy groups -OCH3 is 1. The Hall–Kier alpha value is -1.30. The van der Waals surface area contributed by atoms with Crippen LogP contribution in [0, 0.1) is 0 Å². The molecule has 20 heavy (non-hydrogen) atoms. The van der Waals surface area contributed by atoms with Crippen LogP contribution in [0.4, 0.5) is 4.79 Å². The number of ether oxygens (including phenoxy) is 2. The zero-order valence-electron chi connectivity index (χ0n) is 13.2. The van der Waals surface area contributed by atoms with Gasteiger partial charge in [-0.05, 0) is 27.2 Å². The van der Waals surface area contributed by atoms with Crippen LogP contribution in [0.5, 0.6) is 0 Å². The Labute approximate surface area is 121 Å². The van der Waals surface area contributed by atoms with E-state index in [1.54, 1.807) is 12.0 Å². The summed E-state index contributed by atoms with van der Waals surface area (Å²) in [4.78, 5) is 18.1. The molecule has 0 radical (unpaired) electrons. The van der Waals surface area contributed by atoms with Gasteiger partial charge in [-0.1, -0.05) is 6.92 Å². The van der Waals surface area contributed by atoms with Gasteiger partial charge in [-0.2, -0.15) is 0 Å². The molecule has 116 valence electrons. The Morgan fingerprint density at radius 3 is 2.75 bits per heavy atom. The molecule has 0 saturated carbocycles. The topological polar surface area (TPSA) is 63.2 Å². The largest absolute Gasteiger partial charge is 0.444 e. The molecule has 0 aromatic carbocycles. The highest BCUT2D eigenvalue weighted by Crippen LogP contribution is 2.11. The first kappa shape index (κ1) is 16.8. The van der Waals surface area contributed by atoms with Crippen LogP contribution in [0.1, 0.15) is 34.1 Å². The van der Waals surface area contributed by atoms with E-state index in [0.717, 1.165) is 12.3 Å². The molecule has 0 saturated heterocycles. The lowest BCUT2D eigenvalue weighted by atomic mass is 10.2. The summed E-state index contributed by atoms with van der Waals surface area (Å²) in [6, 6.07) is 0.220. The lowest BCUT2D eigenvalue weighted by Gasteiger charge is -2.31. The van der Waals surface area contributed by atoms with E-state index in [0.29, 0.717) is 26.2 Å². The first-order chi connectivity index (χ1) is 9.35. The number of nitrogens with zero attached hydrogens (tertiary/aromatic N) is 2. The van der Waals surface area contributed by atoms with E-state index in [1.807, 2.05) is 20.8 Å². The summed E-state index contributed by atoms with van der Waals surface area (Å²) < 4.78 is 10.5. The fourth-order valence-corrected chi connectivity index (χ4v) is 1.89. The normalized spacial score (nSPS) is 17.4. The van der Waals surface area contributed by atoms with Crippen molar-refractivity contribution in [3.8, 4) is 0 Å². The summed E-state index contributed by atoms with van der Waals surface area (Å²) in [6.07, 6.45) is 0.658. The highest BCUT2D eigenvalue weighted by Gasteiger charge is 2.25. The second-order valence-electron chi connectivity index (χ2n) is 5.94. The molecule has 0 spiro atoms. The van der Waals surface area contributed by atoms with Crippen LogP contribution in [-0.2, 0) is 9.47 Å². The van der Waals surface area contributed by atoms with Gasteiger partial charge in [0.2, 0.25) is 0 Å². The maximum absolute atomic E-state index is 12.0. The van der Waals surface area contributed by atoms with Crippen LogP contribution in [0.3, 0.4) is 0 Å².